The molecule has 0 aromatic carbocycles. The third-order valence-electron chi connectivity index (χ3n) is 2.63. The molecule has 6 nitrogen and oxygen atoms in total. The van der Waals surface area contributed by atoms with E-state index in [4.69, 9.17) is 9.88 Å². The average molecular weight is 257 g/mol. The smallest absolute Gasteiger partial charge is 0.239 e. The Morgan fingerprint density at radius 2 is 2.35 bits per heavy atom. The molecule has 17 heavy (non-hydrogen) atoms. The van der Waals surface area contributed by atoms with E-state index in [9.17, 15) is 8.42 Å². The summed E-state index contributed by atoms with van der Waals surface area (Å²) in [6, 6.07) is 3.25. The minimum atomic E-state index is -3.68. The van der Waals surface area contributed by atoms with E-state index in [-0.39, 0.29) is 4.90 Å². The molecule has 0 saturated carbocycles. The fraction of sp³-hybridized carbons (Fsp3) is 0.500. The number of sulfonamides is 1. The topological polar surface area (TPSA) is 94.3 Å². The maximum Gasteiger partial charge on any atom is 0.239 e. The van der Waals surface area contributed by atoms with Crippen LogP contribution in [-0.2, 0) is 10.0 Å². The first-order valence-electron chi connectivity index (χ1n) is 5.41. The van der Waals surface area contributed by atoms with Gasteiger partial charge in [0.2, 0.25) is 15.9 Å². The van der Waals surface area contributed by atoms with Crippen LogP contribution in [0.1, 0.15) is 12.8 Å². The lowest BCUT2D eigenvalue weighted by atomic mass is 10.2. The van der Waals surface area contributed by atoms with E-state index in [2.05, 4.69) is 10.3 Å². The molecule has 3 N–H and O–H groups in total. The number of pyridine rings is 1. The Bertz CT molecular complexity index is 466. The number of nitrogens with two attached hydrogens (primary N) is 1. The van der Waals surface area contributed by atoms with Gasteiger partial charge in [0, 0.05) is 12.1 Å². The fourth-order valence-corrected chi connectivity index (χ4v) is 2.16. The first-order chi connectivity index (χ1) is 8.05. The lowest BCUT2D eigenvalue weighted by Crippen LogP contribution is -2.28. The molecule has 2 heterocycles. The summed E-state index contributed by atoms with van der Waals surface area (Å²) in [5, 5.41) is 8.26. The quantitative estimate of drug-likeness (QED) is 0.783. The van der Waals surface area contributed by atoms with Crippen molar-refractivity contribution in [3.63, 3.8) is 0 Å². The van der Waals surface area contributed by atoms with Crippen LogP contribution >= 0.6 is 0 Å². The van der Waals surface area contributed by atoms with E-state index in [1.54, 1.807) is 0 Å². The molecule has 1 atom stereocenters. The van der Waals surface area contributed by atoms with Gasteiger partial charge in [0.05, 0.1) is 6.20 Å². The summed E-state index contributed by atoms with van der Waals surface area (Å²) in [4.78, 5) is 3.89. The summed E-state index contributed by atoms with van der Waals surface area (Å²) in [6.45, 7) is 1.56. The first kappa shape index (κ1) is 12.3. The van der Waals surface area contributed by atoms with Crippen LogP contribution in [0.25, 0.3) is 0 Å². The minimum absolute atomic E-state index is 0.0103. The fourth-order valence-electron chi connectivity index (χ4n) is 1.71. The highest BCUT2D eigenvalue weighted by atomic mass is 32.2. The lowest BCUT2D eigenvalue weighted by molar-refractivity contribution is 0.267. The monoisotopic (exact) mass is 257 g/mol. The molecule has 1 aliphatic rings. The summed E-state index contributed by atoms with van der Waals surface area (Å²) in [7, 11) is -3.68. The van der Waals surface area contributed by atoms with Crippen LogP contribution in [0.15, 0.2) is 23.2 Å². The highest BCUT2D eigenvalue weighted by molar-refractivity contribution is 7.89. The maximum absolute atomic E-state index is 11.0. The van der Waals surface area contributed by atoms with Crippen LogP contribution in [0.2, 0.25) is 0 Å². The van der Waals surface area contributed by atoms with Gasteiger partial charge in [0.15, 0.2) is 0 Å². The number of nitrogens with zero attached hydrogens (tertiary/aromatic N) is 1. The number of nitrogens with one attached hydrogen (secondary N) is 1. The molecule has 0 spiro atoms. The van der Waals surface area contributed by atoms with Crippen LogP contribution in [0.5, 0.6) is 5.88 Å². The van der Waals surface area contributed by atoms with Crippen molar-refractivity contribution in [3.8, 4) is 5.88 Å². The molecular weight excluding hydrogens is 242 g/mol. The number of hydrogen-bond donors (Lipinski definition) is 2. The Kier molecular flexibility index (Phi) is 3.60. The molecule has 1 saturated heterocycles. The van der Waals surface area contributed by atoms with Gasteiger partial charge in [0.25, 0.3) is 0 Å². The largest absolute Gasteiger partial charge is 0.476 e. The van der Waals surface area contributed by atoms with E-state index in [0.717, 1.165) is 19.4 Å². The van der Waals surface area contributed by atoms with Gasteiger partial charge in [-0.3, -0.25) is 0 Å². The van der Waals surface area contributed by atoms with E-state index in [0.29, 0.717) is 18.5 Å². The number of rotatable bonds is 4. The molecule has 1 fully saturated rings. The molecule has 1 unspecified atom stereocenters. The molecule has 0 aliphatic carbocycles. The van der Waals surface area contributed by atoms with Gasteiger partial charge in [-0.2, -0.15) is 0 Å². The molecule has 1 aromatic rings. The van der Waals surface area contributed by atoms with Crippen LogP contribution in [0, 0.1) is 0 Å². The van der Waals surface area contributed by atoms with Crippen LogP contribution in [0.4, 0.5) is 0 Å². The normalized spacial score (nSPS) is 20.4. The summed E-state index contributed by atoms with van der Waals surface area (Å²) >= 11 is 0. The van der Waals surface area contributed by atoms with Gasteiger partial charge in [-0.15, -0.1) is 0 Å². The molecule has 1 aliphatic heterocycles. The van der Waals surface area contributed by atoms with Crippen molar-refractivity contribution in [2.75, 3.05) is 13.2 Å². The average Bonchev–Trinajstić information content (AvgIpc) is 2.78. The van der Waals surface area contributed by atoms with Crippen molar-refractivity contribution < 1.29 is 13.2 Å². The number of hydrogen-bond acceptors (Lipinski definition) is 5. The molecule has 0 radical (unpaired) electrons. The predicted molar refractivity (Wildman–Crippen MR) is 62.1 cm³/mol. The van der Waals surface area contributed by atoms with Crippen molar-refractivity contribution >= 4 is 10.0 Å². The van der Waals surface area contributed by atoms with E-state index in [1.807, 2.05) is 0 Å². The van der Waals surface area contributed by atoms with Gasteiger partial charge in [-0.05, 0) is 25.5 Å². The number of ether oxygens (including phenoxy) is 1. The Balaban J connectivity index is 1.94. The molecule has 0 bridgehead atoms. The van der Waals surface area contributed by atoms with Crippen molar-refractivity contribution in [3.05, 3.63) is 18.3 Å². The summed E-state index contributed by atoms with van der Waals surface area (Å²) in [5.74, 6) is 0.408. The Labute approximate surface area is 100 Å². The number of aromatic nitrogens is 1. The highest BCUT2D eigenvalue weighted by Crippen LogP contribution is 2.12. The minimum Gasteiger partial charge on any atom is -0.476 e. The zero-order valence-corrected chi connectivity index (χ0v) is 10.1. The SMILES string of the molecule is NS(=O)(=O)c1ccc(OCC2CCCN2)nc1. The first-order valence-corrected chi connectivity index (χ1v) is 6.95. The van der Waals surface area contributed by atoms with Crippen LogP contribution in [0.3, 0.4) is 0 Å². The zero-order valence-electron chi connectivity index (χ0n) is 9.30. The molecular formula is C10H15N3O3S. The van der Waals surface area contributed by atoms with Crippen molar-refractivity contribution in [1.82, 2.24) is 10.3 Å². The Hall–Kier alpha value is -1.18. The van der Waals surface area contributed by atoms with Gasteiger partial charge < -0.3 is 10.1 Å². The summed E-state index contributed by atoms with van der Waals surface area (Å²) < 4.78 is 27.4. The molecule has 7 heteroatoms. The zero-order chi connectivity index (χ0) is 12.3. The van der Waals surface area contributed by atoms with Gasteiger partial charge >= 0.3 is 0 Å². The third-order valence-corrected chi connectivity index (χ3v) is 3.53. The standard InChI is InChI=1S/C10H15N3O3S/c11-17(14,15)9-3-4-10(13-6-9)16-7-8-2-1-5-12-8/h3-4,6,8,12H,1-2,5,7H2,(H2,11,14,15). The van der Waals surface area contributed by atoms with E-state index < -0.39 is 10.0 Å². The Morgan fingerprint density at radius 1 is 1.53 bits per heavy atom. The van der Waals surface area contributed by atoms with Crippen molar-refractivity contribution in [2.45, 2.75) is 23.8 Å². The summed E-state index contributed by atoms with van der Waals surface area (Å²) in [6.07, 6.45) is 3.45. The predicted octanol–water partition coefficient (Wildman–Crippen LogP) is -0.140. The van der Waals surface area contributed by atoms with Gasteiger partial charge in [0.1, 0.15) is 11.5 Å². The molecule has 94 valence electrons. The Morgan fingerprint density at radius 3 is 2.88 bits per heavy atom. The van der Waals surface area contributed by atoms with Gasteiger partial charge in [-0.1, -0.05) is 0 Å². The van der Waals surface area contributed by atoms with E-state index >= 15 is 0 Å². The summed E-state index contributed by atoms with van der Waals surface area (Å²) in [5.41, 5.74) is 0. The van der Waals surface area contributed by atoms with Crippen LogP contribution < -0.4 is 15.2 Å². The van der Waals surface area contributed by atoms with Crippen LogP contribution in [-0.4, -0.2) is 32.6 Å². The maximum atomic E-state index is 11.0. The lowest BCUT2D eigenvalue weighted by Gasteiger charge is -2.11. The molecule has 2 rings (SSSR count). The van der Waals surface area contributed by atoms with Crippen molar-refractivity contribution in [1.29, 1.82) is 0 Å². The van der Waals surface area contributed by atoms with Gasteiger partial charge in [-0.25, -0.2) is 18.5 Å². The molecule has 0 amide bonds. The highest BCUT2D eigenvalue weighted by Gasteiger charge is 2.15. The van der Waals surface area contributed by atoms with Crippen molar-refractivity contribution in [2.24, 2.45) is 5.14 Å². The molecule has 1 aromatic heterocycles. The van der Waals surface area contributed by atoms with E-state index in [1.165, 1.54) is 18.3 Å². The second kappa shape index (κ2) is 4.99. The second-order valence-electron chi connectivity index (χ2n) is 3.98. The third kappa shape index (κ3) is 3.39. The second-order valence-corrected chi connectivity index (χ2v) is 5.54. The number of primary sulfonamides is 1.